The Labute approximate surface area is 121 Å². The maximum atomic E-state index is 11.1. The second-order valence-corrected chi connectivity index (χ2v) is 4.85. The van der Waals surface area contributed by atoms with Gasteiger partial charge in [-0.2, -0.15) is 0 Å². The van der Waals surface area contributed by atoms with Gasteiger partial charge in [0.05, 0.1) is 5.69 Å². The lowest BCUT2D eigenvalue weighted by Gasteiger charge is -2.06. The molecular formula is C16H15N3O2. The van der Waals surface area contributed by atoms with Crippen LogP contribution < -0.4 is 0 Å². The van der Waals surface area contributed by atoms with Crippen molar-refractivity contribution in [1.82, 2.24) is 14.8 Å². The number of aromatic carboxylic acids is 1. The Morgan fingerprint density at radius 2 is 1.95 bits per heavy atom. The maximum Gasteiger partial charge on any atom is 0.375 e. The largest absolute Gasteiger partial charge is 0.475 e. The molecule has 3 rings (SSSR count). The van der Waals surface area contributed by atoms with E-state index in [1.54, 1.807) is 4.68 Å². The highest BCUT2D eigenvalue weighted by Crippen LogP contribution is 2.19. The molecule has 0 fully saturated rings. The molecule has 21 heavy (non-hydrogen) atoms. The highest BCUT2D eigenvalue weighted by atomic mass is 16.4. The van der Waals surface area contributed by atoms with E-state index >= 15 is 0 Å². The Hall–Kier alpha value is -2.69. The molecule has 1 N–H and O–H groups in total. The first-order chi connectivity index (χ1) is 10.2. The number of carboxylic acids is 1. The lowest BCUT2D eigenvalue weighted by Crippen LogP contribution is -2.03. The summed E-state index contributed by atoms with van der Waals surface area (Å²) in [5, 5.41) is 15.4. The third-order valence-corrected chi connectivity index (χ3v) is 3.32. The minimum absolute atomic E-state index is 0.161. The molecule has 5 nitrogen and oxygen atoms in total. The van der Waals surface area contributed by atoms with E-state index in [-0.39, 0.29) is 5.82 Å². The predicted molar refractivity (Wildman–Crippen MR) is 79.8 cm³/mol. The van der Waals surface area contributed by atoms with Gasteiger partial charge in [0, 0.05) is 6.42 Å². The molecule has 0 saturated carbocycles. The summed E-state index contributed by atoms with van der Waals surface area (Å²) < 4.78 is 1.62. The number of rotatable bonds is 4. The van der Waals surface area contributed by atoms with E-state index in [9.17, 15) is 4.79 Å². The lowest BCUT2D eigenvalue weighted by molar-refractivity contribution is 0.0683. The monoisotopic (exact) mass is 281 g/mol. The summed E-state index contributed by atoms with van der Waals surface area (Å²) in [4.78, 5) is 15.2. The molecule has 0 amide bonds. The number of nitrogens with zero attached hydrogens (tertiary/aromatic N) is 3. The molecule has 0 unspecified atom stereocenters. The van der Waals surface area contributed by atoms with Gasteiger partial charge >= 0.3 is 5.97 Å². The Balaban J connectivity index is 2.14. The van der Waals surface area contributed by atoms with Gasteiger partial charge < -0.3 is 5.11 Å². The van der Waals surface area contributed by atoms with Crippen LogP contribution in [0.1, 0.15) is 29.8 Å². The summed E-state index contributed by atoms with van der Waals surface area (Å²) in [6.45, 7) is 2.03. The van der Waals surface area contributed by atoms with Gasteiger partial charge in [0.25, 0.3) is 5.82 Å². The quantitative estimate of drug-likeness (QED) is 0.798. The molecule has 0 atom stereocenters. The van der Waals surface area contributed by atoms with Gasteiger partial charge in [-0.15, -0.1) is 5.10 Å². The van der Waals surface area contributed by atoms with Crippen molar-refractivity contribution in [3.63, 3.8) is 0 Å². The fraction of sp³-hybridized carbons (Fsp3) is 0.188. The van der Waals surface area contributed by atoms with Crippen LogP contribution >= 0.6 is 0 Å². The number of hydrogen-bond acceptors (Lipinski definition) is 3. The lowest BCUT2D eigenvalue weighted by atomic mass is 10.1. The van der Waals surface area contributed by atoms with Crippen LogP contribution in [0.2, 0.25) is 0 Å². The zero-order valence-corrected chi connectivity index (χ0v) is 11.7. The number of aromatic nitrogens is 3. The Morgan fingerprint density at radius 3 is 2.67 bits per heavy atom. The average Bonchev–Trinajstić information content (AvgIpc) is 2.91. The van der Waals surface area contributed by atoms with Gasteiger partial charge in [-0.05, 0) is 29.3 Å². The Bertz CT molecular complexity index is 808. The van der Waals surface area contributed by atoms with E-state index in [0.29, 0.717) is 12.2 Å². The van der Waals surface area contributed by atoms with Crippen LogP contribution in [0.25, 0.3) is 16.5 Å². The van der Waals surface area contributed by atoms with Gasteiger partial charge in [0.1, 0.15) is 5.82 Å². The summed E-state index contributed by atoms with van der Waals surface area (Å²) in [5.41, 5.74) is 0.831. The van der Waals surface area contributed by atoms with Crippen LogP contribution in [-0.4, -0.2) is 25.8 Å². The average molecular weight is 281 g/mol. The molecule has 0 aliphatic carbocycles. The molecule has 5 heteroatoms. The zero-order chi connectivity index (χ0) is 14.8. The van der Waals surface area contributed by atoms with Crippen molar-refractivity contribution >= 4 is 16.7 Å². The summed E-state index contributed by atoms with van der Waals surface area (Å²) >= 11 is 0. The highest BCUT2D eigenvalue weighted by Gasteiger charge is 2.16. The number of carboxylic acid groups (broad SMARTS) is 1. The molecule has 1 aromatic heterocycles. The van der Waals surface area contributed by atoms with Crippen molar-refractivity contribution in [2.24, 2.45) is 0 Å². The Morgan fingerprint density at radius 1 is 1.19 bits per heavy atom. The third kappa shape index (κ3) is 2.50. The third-order valence-electron chi connectivity index (χ3n) is 3.32. The second-order valence-electron chi connectivity index (χ2n) is 4.85. The van der Waals surface area contributed by atoms with Gasteiger partial charge in [-0.3, -0.25) is 0 Å². The molecule has 1 heterocycles. The van der Waals surface area contributed by atoms with Crippen molar-refractivity contribution in [2.45, 2.75) is 19.8 Å². The predicted octanol–water partition coefficient (Wildman–Crippen LogP) is 3.07. The van der Waals surface area contributed by atoms with Crippen molar-refractivity contribution in [2.75, 3.05) is 0 Å². The first-order valence-electron chi connectivity index (χ1n) is 6.87. The minimum Gasteiger partial charge on any atom is -0.475 e. The SMILES string of the molecule is CCCc1nc(C(=O)O)nn1-c1ccc2ccccc2c1. The van der Waals surface area contributed by atoms with E-state index in [2.05, 4.69) is 10.1 Å². The van der Waals surface area contributed by atoms with E-state index in [4.69, 9.17) is 5.11 Å². The fourth-order valence-corrected chi connectivity index (χ4v) is 2.34. The molecule has 0 aliphatic rings. The highest BCUT2D eigenvalue weighted by molar-refractivity contribution is 5.85. The van der Waals surface area contributed by atoms with Gasteiger partial charge in [-0.1, -0.05) is 37.3 Å². The van der Waals surface area contributed by atoms with Gasteiger partial charge in [-0.25, -0.2) is 14.5 Å². The van der Waals surface area contributed by atoms with Crippen molar-refractivity contribution in [3.05, 3.63) is 54.1 Å². The van der Waals surface area contributed by atoms with Crippen LogP contribution in [0.5, 0.6) is 0 Å². The number of hydrogen-bond donors (Lipinski definition) is 1. The molecule has 0 bridgehead atoms. The van der Waals surface area contributed by atoms with E-state index in [1.807, 2.05) is 49.4 Å². The Kier molecular flexibility index (Phi) is 3.39. The number of benzene rings is 2. The molecule has 2 aromatic carbocycles. The minimum atomic E-state index is -1.10. The maximum absolute atomic E-state index is 11.1. The van der Waals surface area contributed by atoms with Crippen molar-refractivity contribution in [3.8, 4) is 5.69 Å². The summed E-state index contributed by atoms with van der Waals surface area (Å²) in [6.07, 6.45) is 1.57. The summed E-state index contributed by atoms with van der Waals surface area (Å²) in [7, 11) is 0. The molecule has 0 spiro atoms. The van der Waals surface area contributed by atoms with E-state index in [0.717, 1.165) is 22.9 Å². The van der Waals surface area contributed by atoms with Crippen LogP contribution in [0, 0.1) is 0 Å². The van der Waals surface area contributed by atoms with Gasteiger partial charge in [0.15, 0.2) is 0 Å². The molecule has 0 aliphatic heterocycles. The van der Waals surface area contributed by atoms with Crippen LogP contribution in [0.15, 0.2) is 42.5 Å². The smallest absolute Gasteiger partial charge is 0.375 e. The molecule has 0 saturated heterocycles. The van der Waals surface area contributed by atoms with Crippen molar-refractivity contribution in [1.29, 1.82) is 0 Å². The summed E-state index contributed by atoms with van der Waals surface area (Å²) in [5.74, 6) is -0.594. The number of fused-ring (bicyclic) bond motifs is 1. The number of carbonyl (C=O) groups is 1. The van der Waals surface area contributed by atoms with Crippen LogP contribution in [0.4, 0.5) is 0 Å². The normalized spacial score (nSPS) is 10.9. The summed E-state index contributed by atoms with van der Waals surface area (Å²) in [6, 6.07) is 14.0. The molecule has 106 valence electrons. The standard InChI is InChI=1S/C16H15N3O2/c1-2-5-14-17-15(16(20)21)18-19(14)13-9-8-11-6-3-4-7-12(11)10-13/h3-4,6-10H,2,5H2,1H3,(H,20,21). The zero-order valence-electron chi connectivity index (χ0n) is 11.7. The second kappa shape index (κ2) is 5.36. The topological polar surface area (TPSA) is 68.0 Å². The molecule has 0 radical (unpaired) electrons. The van der Waals surface area contributed by atoms with Crippen LogP contribution in [-0.2, 0) is 6.42 Å². The van der Waals surface area contributed by atoms with Gasteiger partial charge in [0.2, 0.25) is 0 Å². The molecular weight excluding hydrogens is 266 g/mol. The van der Waals surface area contributed by atoms with Crippen molar-refractivity contribution < 1.29 is 9.90 Å². The van der Waals surface area contributed by atoms with E-state index < -0.39 is 5.97 Å². The number of aryl methyl sites for hydroxylation is 1. The fourth-order valence-electron chi connectivity index (χ4n) is 2.34. The molecule has 3 aromatic rings. The van der Waals surface area contributed by atoms with Crippen LogP contribution in [0.3, 0.4) is 0 Å². The van der Waals surface area contributed by atoms with E-state index in [1.165, 1.54) is 0 Å². The first kappa shape index (κ1) is 13.3. The first-order valence-corrected chi connectivity index (χ1v) is 6.87.